The van der Waals surface area contributed by atoms with E-state index in [1.54, 1.807) is 23.8 Å². The van der Waals surface area contributed by atoms with Crippen molar-refractivity contribution in [3.63, 3.8) is 0 Å². The number of nitrogens with two attached hydrogens (primary N) is 1. The van der Waals surface area contributed by atoms with Crippen molar-refractivity contribution in [1.29, 1.82) is 0 Å². The molecule has 0 atom stereocenters. The normalized spacial score (nSPS) is 10.6. The van der Waals surface area contributed by atoms with E-state index in [-0.39, 0.29) is 18.0 Å². The van der Waals surface area contributed by atoms with E-state index in [0.29, 0.717) is 0 Å². The Morgan fingerprint density at radius 2 is 2.06 bits per heavy atom. The molecule has 0 aliphatic carbocycles. The zero-order valence-electron chi connectivity index (χ0n) is 9.14. The Bertz CT molecular complexity index is 501. The highest BCUT2D eigenvalue weighted by molar-refractivity contribution is 7.91. The van der Waals surface area contributed by atoms with Crippen LogP contribution >= 0.6 is 0 Å². The number of hydrogen-bond donors (Lipinski definition) is 3. The number of para-hydroxylation sites is 2. The zero-order chi connectivity index (χ0) is 12.9. The van der Waals surface area contributed by atoms with Gasteiger partial charge in [-0.05, 0) is 19.1 Å². The molecular formula is C9H13N3O4S. The first kappa shape index (κ1) is 13.1. The first-order valence-electron chi connectivity index (χ1n) is 4.76. The molecule has 0 bridgehead atoms. The fraction of sp³-hybridized carbons (Fsp3) is 0.222. The Morgan fingerprint density at radius 1 is 1.41 bits per heavy atom. The van der Waals surface area contributed by atoms with Gasteiger partial charge in [0.1, 0.15) is 0 Å². The van der Waals surface area contributed by atoms with Crippen LogP contribution < -0.4 is 15.2 Å². The molecule has 0 aromatic heterocycles. The molecule has 0 heterocycles. The fourth-order valence-corrected chi connectivity index (χ4v) is 1.84. The quantitative estimate of drug-likeness (QED) is 0.688. The molecule has 0 unspecified atom stereocenters. The van der Waals surface area contributed by atoms with Crippen LogP contribution in [-0.2, 0) is 14.9 Å². The van der Waals surface area contributed by atoms with Crippen molar-refractivity contribution in [2.45, 2.75) is 6.92 Å². The van der Waals surface area contributed by atoms with Gasteiger partial charge in [0.2, 0.25) is 0 Å². The number of carbonyl (C=O) groups excluding carboxylic acids is 1. The van der Waals surface area contributed by atoms with Crippen molar-refractivity contribution in [2.24, 2.45) is 0 Å². The summed E-state index contributed by atoms with van der Waals surface area (Å²) >= 11 is 0. The van der Waals surface area contributed by atoms with Gasteiger partial charge in [-0.2, -0.15) is 8.42 Å². The lowest BCUT2D eigenvalue weighted by molar-refractivity contribution is 0.159. The van der Waals surface area contributed by atoms with Crippen molar-refractivity contribution in [3.05, 3.63) is 24.3 Å². The third-order valence-electron chi connectivity index (χ3n) is 1.70. The molecular weight excluding hydrogens is 246 g/mol. The number of carbonyl (C=O) groups is 1. The van der Waals surface area contributed by atoms with Gasteiger partial charge < -0.3 is 10.5 Å². The number of anilines is 2. The maximum absolute atomic E-state index is 11.5. The average Bonchev–Trinajstić information content (AvgIpc) is 2.20. The van der Waals surface area contributed by atoms with E-state index in [4.69, 9.17) is 5.73 Å². The third kappa shape index (κ3) is 4.19. The van der Waals surface area contributed by atoms with Crippen LogP contribution in [0.15, 0.2) is 24.3 Å². The van der Waals surface area contributed by atoms with E-state index in [0.717, 1.165) is 0 Å². The Labute approximate surface area is 99.1 Å². The van der Waals surface area contributed by atoms with Crippen LogP contribution in [0.1, 0.15) is 6.92 Å². The van der Waals surface area contributed by atoms with Crippen molar-refractivity contribution >= 4 is 27.7 Å². The second-order valence-corrected chi connectivity index (χ2v) is 4.43. The van der Waals surface area contributed by atoms with Gasteiger partial charge in [-0.25, -0.2) is 9.52 Å². The predicted octanol–water partition coefficient (Wildman–Crippen LogP) is 0.672. The van der Waals surface area contributed by atoms with Crippen LogP contribution in [0.3, 0.4) is 0 Å². The summed E-state index contributed by atoms with van der Waals surface area (Å²) < 4.78 is 31.2. The molecule has 8 heteroatoms. The summed E-state index contributed by atoms with van der Waals surface area (Å²) in [5.74, 6) is 0. The van der Waals surface area contributed by atoms with Crippen LogP contribution in [0.4, 0.5) is 16.2 Å². The van der Waals surface area contributed by atoms with Crippen molar-refractivity contribution in [3.8, 4) is 0 Å². The summed E-state index contributed by atoms with van der Waals surface area (Å²) in [6.07, 6.45) is -1.05. The van der Waals surface area contributed by atoms with Gasteiger partial charge >= 0.3 is 16.3 Å². The molecule has 1 aromatic rings. The minimum Gasteiger partial charge on any atom is -0.449 e. The highest BCUT2D eigenvalue weighted by atomic mass is 32.2. The number of ether oxygens (including phenoxy) is 1. The monoisotopic (exact) mass is 259 g/mol. The molecule has 0 saturated heterocycles. The summed E-state index contributed by atoms with van der Waals surface area (Å²) in [5.41, 5.74) is 5.98. The Kier molecular flexibility index (Phi) is 4.16. The number of hydrogen-bond acceptors (Lipinski definition) is 5. The maximum atomic E-state index is 11.5. The molecule has 1 amide bonds. The molecule has 1 aromatic carbocycles. The Hall–Kier alpha value is -1.96. The summed E-state index contributed by atoms with van der Waals surface area (Å²) in [6, 6.07) is 6.27. The second-order valence-electron chi connectivity index (χ2n) is 3.02. The number of nitrogens with one attached hydrogen (secondary N) is 2. The van der Waals surface area contributed by atoms with E-state index in [2.05, 4.69) is 9.46 Å². The van der Waals surface area contributed by atoms with Gasteiger partial charge in [0.25, 0.3) is 0 Å². The van der Waals surface area contributed by atoms with Crippen LogP contribution in [0.25, 0.3) is 0 Å². The lowest BCUT2D eigenvalue weighted by atomic mass is 10.3. The van der Waals surface area contributed by atoms with Gasteiger partial charge in [0.15, 0.2) is 0 Å². The Morgan fingerprint density at radius 3 is 2.65 bits per heavy atom. The van der Waals surface area contributed by atoms with Crippen molar-refractivity contribution < 1.29 is 17.9 Å². The minimum absolute atomic E-state index is 0.0782. The molecule has 0 aliphatic rings. The molecule has 0 fully saturated rings. The second kappa shape index (κ2) is 5.39. The fourth-order valence-electron chi connectivity index (χ4n) is 1.03. The van der Waals surface area contributed by atoms with Crippen LogP contribution in [-0.4, -0.2) is 21.1 Å². The van der Waals surface area contributed by atoms with Gasteiger partial charge in [-0.1, -0.05) is 12.1 Å². The summed E-state index contributed by atoms with van der Waals surface area (Å²) in [7, 11) is -4.03. The maximum Gasteiger partial charge on any atom is 0.422 e. The summed E-state index contributed by atoms with van der Waals surface area (Å²) in [4.78, 5) is 11.0. The first-order chi connectivity index (χ1) is 7.94. The van der Waals surface area contributed by atoms with E-state index in [1.807, 2.05) is 0 Å². The SMILES string of the molecule is CCOC(=O)NS(=O)(=O)Nc1ccccc1N. The van der Waals surface area contributed by atoms with E-state index in [1.165, 1.54) is 12.1 Å². The van der Waals surface area contributed by atoms with Gasteiger partial charge in [-0.3, -0.25) is 4.72 Å². The average molecular weight is 259 g/mol. The largest absolute Gasteiger partial charge is 0.449 e. The molecule has 7 nitrogen and oxygen atoms in total. The van der Waals surface area contributed by atoms with Gasteiger partial charge in [0.05, 0.1) is 18.0 Å². The van der Waals surface area contributed by atoms with E-state index in [9.17, 15) is 13.2 Å². The van der Waals surface area contributed by atoms with Gasteiger partial charge in [-0.15, -0.1) is 0 Å². The smallest absolute Gasteiger partial charge is 0.422 e. The van der Waals surface area contributed by atoms with E-state index < -0.39 is 16.3 Å². The third-order valence-corrected chi connectivity index (χ3v) is 2.62. The van der Waals surface area contributed by atoms with Crippen LogP contribution in [0.5, 0.6) is 0 Å². The first-order valence-corrected chi connectivity index (χ1v) is 6.24. The minimum atomic E-state index is -4.03. The number of rotatable bonds is 4. The number of nitrogen functional groups attached to an aromatic ring is 1. The van der Waals surface area contributed by atoms with Gasteiger partial charge in [0, 0.05) is 0 Å². The standard InChI is InChI=1S/C9H13N3O4S/c1-2-16-9(13)12-17(14,15)11-8-6-4-3-5-7(8)10/h3-6,11H,2,10H2,1H3,(H,12,13). The Balaban J connectivity index is 2.74. The lowest BCUT2D eigenvalue weighted by Crippen LogP contribution is -2.35. The summed E-state index contributed by atoms with van der Waals surface area (Å²) in [5, 5.41) is 0. The molecule has 0 radical (unpaired) electrons. The molecule has 1 rings (SSSR count). The molecule has 0 spiro atoms. The highest BCUT2D eigenvalue weighted by Crippen LogP contribution is 2.17. The zero-order valence-corrected chi connectivity index (χ0v) is 9.95. The van der Waals surface area contributed by atoms with Crippen molar-refractivity contribution in [2.75, 3.05) is 17.1 Å². The lowest BCUT2D eigenvalue weighted by Gasteiger charge is -2.10. The molecule has 17 heavy (non-hydrogen) atoms. The number of benzene rings is 1. The predicted molar refractivity (Wildman–Crippen MR) is 63.6 cm³/mol. The van der Waals surface area contributed by atoms with Crippen LogP contribution in [0, 0.1) is 0 Å². The molecule has 94 valence electrons. The highest BCUT2D eigenvalue weighted by Gasteiger charge is 2.15. The number of amides is 1. The van der Waals surface area contributed by atoms with Crippen LogP contribution in [0.2, 0.25) is 0 Å². The van der Waals surface area contributed by atoms with Crippen molar-refractivity contribution in [1.82, 2.24) is 4.72 Å². The summed E-state index contributed by atoms with van der Waals surface area (Å²) in [6.45, 7) is 1.64. The topological polar surface area (TPSA) is 111 Å². The van der Waals surface area contributed by atoms with E-state index >= 15 is 0 Å². The molecule has 0 saturated carbocycles. The molecule has 4 N–H and O–H groups in total. The molecule has 0 aliphatic heterocycles.